The fourth-order valence-corrected chi connectivity index (χ4v) is 5.02. The molecule has 3 N–H and O–H groups in total. The van der Waals surface area contributed by atoms with E-state index in [9.17, 15) is 13.5 Å². The van der Waals surface area contributed by atoms with Crippen LogP contribution in [0.1, 0.15) is 49.0 Å². The molecule has 1 aromatic heterocycles. The van der Waals surface area contributed by atoms with E-state index in [1.807, 2.05) is 30.3 Å². The Hall–Kier alpha value is -2.94. The van der Waals surface area contributed by atoms with Crippen molar-refractivity contribution in [3.63, 3.8) is 0 Å². The number of sulfonamides is 1. The number of nitrogens with one attached hydrogen (secondary N) is 2. The zero-order valence-electron chi connectivity index (χ0n) is 19.4. The minimum absolute atomic E-state index is 0.0180. The third-order valence-corrected chi connectivity index (χ3v) is 7.38. The quantitative estimate of drug-likeness (QED) is 0.427. The summed E-state index contributed by atoms with van der Waals surface area (Å²) in [5.74, 6) is 1.10. The molecule has 0 saturated carbocycles. The molecule has 2 atom stereocenters. The van der Waals surface area contributed by atoms with Crippen molar-refractivity contribution in [2.75, 3.05) is 17.8 Å². The lowest BCUT2D eigenvalue weighted by atomic mass is 10.0. The zero-order valence-corrected chi connectivity index (χ0v) is 20.3. The molecule has 2 aromatic carbocycles. The molecule has 34 heavy (non-hydrogen) atoms. The molecule has 2 unspecified atom stereocenters. The van der Waals surface area contributed by atoms with Crippen LogP contribution in [0.25, 0.3) is 0 Å². The molecule has 2 heterocycles. The summed E-state index contributed by atoms with van der Waals surface area (Å²) in [6.45, 7) is 5.17. The predicted molar refractivity (Wildman–Crippen MR) is 133 cm³/mol. The molecule has 4 rings (SSSR count). The van der Waals surface area contributed by atoms with Crippen molar-refractivity contribution in [1.82, 2.24) is 10.3 Å². The number of aliphatic hydroxyl groups excluding tert-OH is 1. The van der Waals surface area contributed by atoms with Crippen LogP contribution < -0.4 is 14.8 Å². The summed E-state index contributed by atoms with van der Waals surface area (Å²) < 4.78 is 34.4. The normalized spacial score (nSPS) is 16.5. The molecule has 0 aliphatic carbocycles. The summed E-state index contributed by atoms with van der Waals surface area (Å²) in [6, 6.07) is 16.0. The van der Waals surface area contributed by atoms with Crippen LogP contribution in [0.5, 0.6) is 5.75 Å². The van der Waals surface area contributed by atoms with Gasteiger partial charge in [-0.15, -0.1) is 0 Å². The number of benzene rings is 2. The summed E-state index contributed by atoms with van der Waals surface area (Å²) in [5, 5.41) is 13.5. The highest BCUT2D eigenvalue weighted by Crippen LogP contribution is 2.31. The largest absolute Gasteiger partial charge is 0.489 e. The van der Waals surface area contributed by atoms with E-state index in [1.54, 1.807) is 36.7 Å². The molecule has 0 saturated heterocycles. The van der Waals surface area contributed by atoms with Gasteiger partial charge in [-0.1, -0.05) is 32.0 Å². The number of fused-ring (bicyclic) bond motifs is 1. The second-order valence-corrected chi connectivity index (χ2v) is 10.6. The number of rotatable bonds is 9. The summed E-state index contributed by atoms with van der Waals surface area (Å²) in [7, 11) is -3.67. The number of pyridine rings is 1. The van der Waals surface area contributed by atoms with Gasteiger partial charge in [-0.05, 0) is 66.3 Å². The van der Waals surface area contributed by atoms with Gasteiger partial charge in [0.2, 0.25) is 0 Å². The van der Waals surface area contributed by atoms with E-state index in [1.165, 1.54) is 0 Å². The van der Waals surface area contributed by atoms with Gasteiger partial charge in [0.1, 0.15) is 11.9 Å². The minimum atomic E-state index is -3.67. The first-order valence-electron chi connectivity index (χ1n) is 11.5. The average Bonchev–Trinajstić information content (AvgIpc) is 2.84. The second-order valence-electron chi connectivity index (χ2n) is 8.89. The Morgan fingerprint density at radius 3 is 2.62 bits per heavy atom. The fourth-order valence-electron chi connectivity index (χ4n) is 3.97. The van der Waals surface area contributed by atoms with Gasteiger partial charge in [-0.3, -0.25) is 9.71 Å². The Labute approximate surface area is 201 Å². The van der Waals surface area contributed by atoms with E-state index in [-0.39, 0.29) is 11.0 Å². The van der Waals surface area contributed by atoms with Crippen LogP contribution in [-0.2, 0) is 16.4 Å². The summed E-state index contributed by atoms with van der Waals surface area (Å²) in [6.07, 6.45) is 4.28. The van der Waals surface area contributed by atoms with E-state index in [2.05, 4.69) is 28.9 Å². The minimum Gasteiger partial charge on any atom is -0.489 e. The van der Waals surface area contributed by atoms with Crippen LogP contribution in [0.4, 0.5) is 5.69 Å². The first-order valence-corrected chi connectivity index (χ1v) is 13.0. The Kier molecular flexibility index (Phi) is 7.50. The van der Waals surface area contributed by atoms with Gasteiger partial charge in [0.25, 0.3) is 10.0 Å². The van der Waals surface area contributed by atoms with Crippen molar-refractivity contribution < 1.29 is 18.3 Å². The molecule has 1 aliphatic heterocycles. The molecule has 0 radical (unpaired) electrons. The molecular formula is C26H31N3O4S. The van der Waals surface area contributed by atoms with E-state index in [0.717, 1.165) is 35.3 Å². The van der Waals surface area contributed by atoms with Gasteiger partial charge >= 0.3 is 0 Å². The van der Waals surface area contributed by atoms with Gasteiger partial charge in [0.05, 0.1) is 11.0 Å². The maximum absolute atomic E-state index is 12.8. The number of hydrogen-bond acceptors (Lipinski definition) is 6. The number of ether oxygens (including phenoxy) is 1. The van der Waals surface area contributed by atoms with Gasteiger partial charge in [0.15, 0.2) is 0 Å². The van der Waals surface area contributed by atoms with Crippen LogP contribution in [0.2, 0.25) is 0 Å². The zero-order chi connectivity index (χ0) is 24.1. The maximum Gasteiger partial charge on any atom is 0.261 e. The van der Waals surface area contributed by atoms with E-state index in [4.69, 9.17) is 4.74 Å². The number of aliphatic hydroxyl groups is 1. The molecule has 7 nitrogen and oxygen atoms in total. The van der Waals surface area contributed by atoms with Gasteiger partial charge in [0, 0.05) is 36.7 Å². The van der Waals surface area contributed by atoms with Crippen LogP contribution in [-0.4, -0.2) is 37.7 Å². The van der Waals surface area contributed by atoms with Gasteiger partial charge in [-0.2, -0.15) is 0 Å². The number of nitrogens with zero attached hydrogens (tertiary/aromatic N) is 1. The lowest BCUT2D eigenvalue weighted by Crippen LogP contribution is -2.36. The first kappa shape index (κ1) is 24.2. The number of aromatic nitrogens is 1. The van der Waals surface area contributed by atoms with Gasteiger partial charge < -0.3 is 15.2 Å². The summed E-state index contributed by atoms with van der Waals surface area (Å²) in [5.41, 5.74) is 3.37. The van der Waals surface area contributed by atoms with E-state index >= 15 is 0 Å². The molecule has 1 aliphatic rings. The molecule has 0 bridgehead atoms. The molecule has 0 amide bonds. The molecule has 0 fully saturated rings. The van der Waals surface area contributed by atoms with Gasteiger partial charge in [-0.25, -0.2) is 8.42 Å². The highest BCUT2D eigenvalue weighted by Gasteiger charge is 2.22. The number of hydrogen-bond donors (Lipinski definition) is 3. The van der Waals surface area contributed by atoms with Crippen molar-refractivity contribution in [1.29, 1.82) is 0 Å². The van der Waals surface area contributed by atoms with E-state index in [0.29, 0.717) is 24.7 Å². The number of anilines is 1. The first-order chi connectivity index (χ1) is 16.3. The maximum atomic E-state index is 12.8. The van der Waals surface area contributed by atoms with Crippen LogP contribution in [0, 0.1) is 0 Å². The van der Waals surface area contributed by atoms with Crippen molar-refractivity contribution in [3.05, 3.63) is 83.7 Å². The van der Waals surface area contributed by atoms with Crippen LogP contribution >= 0.6 is 0 Å². The van der Waals surface area contributed by atoms with Crippen molar-refractivity contribution in [2.45, 2.75) is 49.7 Å². The Morgan fingerprint density at radius 1 is 1.12 bits per heavy atom. The molecule has 0 spiro atoms. The third kappa shape index (κ3) is 5.94. The lowest BCUT2D eigenvalue weighted by Gasteiger charge is -2.27. The highest BCUT2D eigenvalue weighted by molar-refractivity contribution is 7.92. The standard InChI is InChI=1S/C26H31N3O4S/c1-18(2)19-6-10-24(11-7-19)34(31,32)29-22-8-12-26-20(14-22)5-9-23(33-26)16-28-17-25(30)21-4-3-13-27-15-21/h3-4,6-8,10-15,18,23,25,28-30H,5,9,16-17H2,1-2H3. The molecular weight excluding hydrogens is 450 g/mol. The summed E-state index contributed by atoms with van der Waals surface area (Å²) in [4.78, 5) is 4.27. The topological polar surface area (TPSA) is 101 Å². The summed E-state index contributed by atoms with van der Waals surface area (Å²) >= 11 is 0. The van der Waals surface area contributed by atoms with Crippen molar-refractivity contribution >= 4 is 15.7 Å². The SMILES string of the molecule is CC(C)c1ccc(S(=O)(=O)Nc2ccc3c(c2)CCC(CNCC(O)c2cccnc2)O3)cc1. The fraction of sp³-hybridized carbons (Fsp3) is 0.346. The van der Waals surface area contributed by atoms with Crippen LogP contribution in [0.3, 0.4) is 0 Å². The van der Waals surface area contributed by atoms with Crippen LogP contribution in [0.15, 0.2) is 71.9 Å². The molecule has 8 heteroatoms. The van der Waals surface area contributed by atoms with Crippen molar-refractivity contribution in [2.24, 2.45) is 0 Å². The smallest absolute Gasteiger partial charge is 0.261 e. The second kappa shape index (κ2) is 10.5. The molecule has 3 aromatic rings. The van der Waals surface area contributed by atoms with Crippen molar-refractivity contribution in [3.8, 4) is 5.75 Å². The lowest BCUT2D eigenvalue weighted by molar-refractivity contribution is 0.146. The highest BCUT2D eigenvalue weighted by atomic mass is 32.2. The molecule has 180 valence electrons. The Morgan fingerprint density at radius 2 is 1.91 bits per heavy atom. The number of aryl methyl sites for hydroxylation is 1. The Bertz CT molecular complexity index is 1200. The third-order valence-electron chi connectivity index (χ3n) is 5.98. The Balaban J connectivity index is 1.33. The average molecular weight is 482 g/mol. The monoisotopic (exact) mass is 481 g/mol. The van der Waals surface area contributed by atoms with E-state index < -0.39 is 16.1 Å². The predicted octanol–water partition coefficient (Wildman–Crippen LogP) is 4.02.